The zero-order chi connectivity index (χ0) is 10.2. The molecule has 0 aromatic carbocycles. The smallest absolute Gasteiger partial charge is 0.338 e. The zero-order valence-electron chi connectivity index (χ0n) is 6.44. The number of aliphatic imine (C=N–C) groups is 1. The van der Waals surface area contributed by atoms with Gasteiger partial charge in [-0.1, -0.05) is 0 Å². The van der Waals surface area contributed by atoms with Gasteiger partial charge in [-0.15, -0.1) is 0 Å². The molecule has 1 aliphatic heterocycles. The maximum Gasteiger partial charge on any atom is 0.338 e. The third kappa shape index (κ3) is 1.36. The lowest BCUT2D eigenvalue weighted by atomic mass is 10.0. The minimum absolute atomic E-state index is 0.834. The molecule has 1 heterocycles. The van der Waals surface area contributed by atoms with E-state index < -0.39 is 29.4 Å². The van der Waals surface area contributed by atoms with E-state index in [0.717, 1.165) is 6.92 Å². The van der Waals surface area contributed by atoms with Crippen LogP contribution in [0.2, 0.25) is 0 Å². The molecular weight excluding hydrogens is 189 g/mol. The summed E-state index contributed by atoms with van der Waals surface area (Å²) >= 11 is 0. The molecule has 0 aliphatic carbocycles. The predicted octanol–water partition coefficient (Wildman–Crippen LogP) is 0.866. The number of aliphatic carboxylic acids is 1. The van der Waals surface area contributed by atoms with Gasteiger partial charge in [-0.25, -0.2) is 4.79 Å². The van der Waals surface area contributed by atoms with Gasteiger partial charge in [0.2, 0.25) is 17.5 Å². The summed E-state index contributed by atoms with van der Waals surface area (Å²) in [6, 6.07) is 0. The first-order chi connectivity index (χ1) is 5.88. The van der Waals surface area contributed by atoms with Crippen molar-refractivity contribution in [1.82, 2.24) is 5.32 Å². The monoisotopic (exact) mass is 194 g/mol. The Kier molecular flexibility index (Phi) is 2.02. The SMILES string of the molecule is CC1(C(=O)O)NC(F)=C(F)N=C1F. The largest absolute Gasteiger partial charge is 0.479 e. The average Bonchev–Trinajstić information content (AvgIpc) is 2.01. The zero-order valence-corrected chi connectivity index (χ0v) is 6.44. The standard InChI is InChI=1S/C6H5F3N2O2/c1-6(5(12)13)4(9)10-2(7)3(8)11-6/h11H,1H3,(H,12,13). The molecule has 1 aliphatic rings. The molecule has 0 amide bonds. The summed E-state index contributed by atoms with van der Waals surface area (Å²) in [4.78, 5) is 12.9. The highest BCUT2D eigenvalue weighted by molar-refractivity contribution is 6.06. The quantitative estimate of drug-likeness (QED) is 0.608. The number of nitrogens with one attached hydrogen (secondary N) is 1. The molecule has 2 N–H and O–H groups in total. The lowest BCUT2D eigenvalue weighted by Crippen LogP contribution is -2.55. The second kappa shape index (κ2) is 2.75. The second-order valence-electron chi connectivity index (χ2n) is 2.56. The van der Waals surface area contributed by atoms with Crippen LogP contribution in [0.1, 0.15) is 6.92 Å². The number of hydrogen-bond acceptors (Lipinski definition) is 3. The van der Waals surface area contributed by atoms with Crippen LogP contribution in [0.3, 0.4) is 0 Å². The molecule has 0 aromatic heterocycles. The Morgan fingerprint density at radius 1 is 1.54 bits per heavy atom. The summed E-state index contributed by atoms with van der Waals surface area (Å²) in [6.07, 6.45) is 0. The molecule has 1 rings (SSSR count). The van der Waals surface area contributed by atoms with E-state index in [0.29, 0.717) is 0 Å². The van der Waals surface area contributed by atoms with Crippen LogP contribution in [0.5, 0.6) is 0 Å². The van der Waals surface area contributed by atoms with E-state index in [2.05, 4.69) is 4.99 Å². The van der Waals surface area contributed by atoms with E-state index in [4.69, 9.17) is 5.11 Å². The van der Waals surface area contributed by atoms with Crippen molar-refractivity contribution in [3.8, 4) is 0 Å². The van der Waals surface area contributed by atoms with Gasteiger partial charge in [0.15, 0.2) is 0 Å². The molecule has 0 bridgehead atoms. The molecule has 0 aromatic rings. The molecule has 1 unspecified atom stereocenters. The predicted molar refractivity (Wildman–Crippen MR) is 37.0 cm³/mol. The lowest BCUT2D eigenvalue weighted by Gasteiger charge is -2.25. The van der Waals surface area contributed by atoms with Gasteiger partial charge in [-0.3, -0.25) is 0 Å². The van der Waals surface area contributed by atoms with Crippen LogP contribution in [-0.2, 0) is 4.79 Å². The Balaban J connectivity index is 3.13. The summed E-state index contributed by atoms with van der Waals surface area (Å²) in [5.41, 5.74) is -2.33. The fourth-order valence-electron chi connectivity index (χ4n) is 0.711. The first kappa shape index (κ1) is 9.56. The first-order valence-corrected chi connectivity index (χ1v) is 3.19. The molecule has 1 atom stereocenters. The van der Waals surface area contributed by atoms with Crippen LogP contribution in [0.25, 0.3) is 0 Å². The summed E-state index contributed by atoms with van der Waals surface area (Å²) < 4.78 is 37.5. The first-order valence-electron chi connectivity index (χ1n) is 3.19. The molecule has 0 spiro atoms. The van der Waals surface area contributed by atoms with Crippen LogP contribution in [0.4, 0.5) is 13.2 Å². The van der Waals surface area contributed by atoms with Crippen LogP contribution in [-0.4, -0.2) is 22.6 Å². The summed E-state index contributed by atoms with van der Waals surface area (Å²) in [6.45, 7) is 0.834. The fraction of sp³-hybridized carbons (Fsp3) is 0.333. The Morgan fingerprint density at radius 3 is 2.54 bits per heavy atom. The summed E-state index contributed by atoms with van der Waals surface area (Å²) in [5.74, 6) is -6.50. The fourth-order valence-corrected chi connectivity index (χ4v) is 0.711. The number of halogens is 3. The van der Waals surface area contributed by atoms with Crippen LogP contribution in [0.15, 0.2) is 16.9 Å². The van der Waals surface area contributed by atoms with Crippen molar-refractivity contribution >= 4 is 11.9 Å². The number of nitrogens with zero attached hydrogens (tertiary/aromatic N) is 1. The Labute approximate surface area is 70.8 Å². The third-order valence-electron chi connectivity index (χ3n) is 1.58. The van der Waals surface area contributed by atoms with Gasteiger partial charge < -0.3 is 10.4 Å². The number of rotatable bonds is 1. The van der Waals surface area contributed by atoms with Gasteiger partial charge in [-0.05, 0) is 6.92 Å². The minimum Gasteiger partial charge on any atom is -0.479 e. The van der Waals surface area contributed by atoms with Gasteiger partial charge in [0.25, 0.3) is 5.95 Å². The van der Waals surface area contributed by atoms with Gasteiger partial charge in [0, 0.05) is 0 Å². The van der Waals surface area contributed by atoms with Crippen molar-refractivity contribution < 1.29 is 23.1 Å². The molecule has 0 saturated carbocycles. The normalized spacial score (nSPS) is 28.2. The van der Waals surface area contributed by atoms with E-state index in [9.17, 15) is 18.0 Å². The Morgan fingerprint density at radius 2 is 2.08 bits per heavy atom. The summed E-state index contributed by atoms with van der Waals surface area (Å²) in [5, 5.41) is 10.0. The van der Waals surface area contributed by atoms with Crippen molar-refractivity contribution in [3.05, 3.63) is 11.9 Å². The minimum atomic E-state index is -2.33. The van der Waals surface area contributed by atoms with Gasteiger partial charge in [-0.2, -0.15) is 18.2 Å². The van der Waals surface area contributed by atoms with Crippen molar-refractivity contribution in [2.24, 2.45) is 4.99 Å². The van der Waals surface area contributed by atoms with Crippen molar-refractivity contribution in [1.29, 1.82) is 0 Å². The Hall–Kier alpha value is -1.53. The highest BCUT2D eigenvalue weighted by Gasteiger charge is 2.44. The van der Waals surface area contributed by atoms with E-state index >= 15 is 0 Å². The molecule has 7 heteroatoms. The average molecular weight is 194 g/mol. The molecule has 4 nitrogen and oxygen atoms in total. The topological polar surface area (TPSA) is 61.7 Å². The number of hydrogen-bond donors (Lipinski definition) is 2. The molecule has 72 valence electrons. The second-order valence-corrected chi connectivity index (χ2v) is 2.56. The van der Waals surface area contributed by atoms with E-state index in [1.807, 2.05) is 0 Å². The van der Waals surface area contributed by atoms with E-state index in [-0.39, 0.29) is 0 Å². The van der Waals surface area contributed by atoms with Crippen LogP contribution < -0.4 is 5.32 Å². The molecule has 13 heavy (non-hydrogen) atoms. The highest BCUT2D eigenvalue weighted by Crippen LogP contribution is 2.22. The van der Waals surface area contributed by atoms with Crippen molar-refractivity contribution in [2.45, 2.75) is 12.5 Å². The molecule has 0 fully saturated rings. The van der Waals surface area contributed by atoms with E-state index in [1.165, 1.54) is 5.32 Å². The van der Waals surface area contributed by atoms with Crippen LogP contribution >= 0.6 is 0 Å². The van der Waals surface area contributed by atoms with Crippen molar-refractivity contribution in [2.75, 3.05) is 0 Å². The van der Waals surface area contributed by atoms with Gasteiger partial charge in [0.1, 0.15) is 0 Å². The van der Waals surface area contributed by atoms with Gasteiger partial charge in [0.05, 0.1) is 0 Å². The maximum atomic E-state index is 12.8. The highest BCUT2D eigenvalue weighted by atomic mass is 19.2. The van der Waals surface area contributed by atoms with Gasteiger partial charge >= 0.3 is 5.97 Å². The molecule has 0 radical (unpaired) electrons. The summed E-state index contributed by atoms with van der Waals surface area (Å²) in [7, 11) is 0. The number of carboxylic acids is 1. The Bertz CT molecular complexity index is 326. The van der Waals surface area contributed by atoms with Crippen LogP contribution in [0, 0.1) is 0 Å². The third-order valence-corrected chi connectivity index (χ3v) is 1.58. The molecular formula is C6H5F3N2O2. The number of carboxylic acid groups (broad SMARTS) is 1. The van der Waals surface area contributed by atoms with Crippen molar-refractivity contribution in [3.63, 3.8) is 0 Å². The maximum absolute atomic E-state index is 12.8. The van der Waals surface area contributed by atoms with E-state index in [1.54, 1.807) is 0 Å². The molecule has 0 saturated heterocycles. The lowest BCUT2D eigenvalue weighted by molar-refractivity contribution is -0.141. The number of carbonyl (C=O) groups is 1.